The van der Waals surface area contributed by atoms with Crippen molar-refractivity contribution in [3.63, 3.8) is 0 Å². The molecule has 2 aliphatic rings. The van der Waals surface area contributed by atoms with Crippen LogP contribution in [0.25, 0.3) is 0 Å². The van der Waals surface area contributed by atoms with Crippen molar-refractivity contribution in [2.75, 3.05) is 18.5 Å². The van der Waals surface area contributed by atoms with Crippen LogP contribution in [0.4, 0.5) is 10.7 Å². The summed E-state index contributed by atoms with van der Waals surface area (Å²) >= 11 is 0. The summed E-state index contributed by atoms with van der Waals surface area (Å²) in [5.41, 5.74) is 3.43. The summed E-state index contributed by atoms with van der Waals surface area (Å²) in [4.78, 5) is 20.5. The highest BCUT2D eigenvalue weighted by Gasteiger charge is 2.13. The predicted octanol–water partition coefficient (Wildman–Crippen LogP) is 2.95. The third kappa shape index (κ3) is 4.76. The Hall–Kier alpha value is -1.95. The molecule has 0 spiro atoms. The van der Waals surface area contributed by atoms with E-state index in [2.05, 4.69) is 26.7 Å². The molecule has 1 aromatic heterocycles. The Labute approximate surface area is 136 Å². The highest BCUT2D eigenvalue weighted by Crippen LogP contribution is 2.19. The molecule has 0 aromatic carbocycles. The average Bonchev–Trinajstić information content (AvgIpc) is 2.83. The van der Waals surface area contributed by atoms with Crippen molar-refractivity contribution in [3.8, 4) is 0 Å². The highest BCUT2D eigenvalue weighted by atomic mass is 16.5. The Balaban J connectivity index is 1.45. The van der Waals surface area contributed by atoms with Gasteiger partial charge < -0.3 is 10.1 Å². The molecular formula is C17H24N4O2. The van der Waals surface area contributed by atoms with Crippen molar-refractivity contribution in [2.45, 2.75) is 51.6 Å². The number of anilines is 1. The van der Waals surface area contributed by atoms with Crippen molar-refractivity contribution < 1.29 is 9.53 Å². The number of nitrogens with zero attached hydrogens (tertiary/aromatic N) is 2. The maximum Gasteiger partial charge on any atom is 0.321 e. The van der Waals surface area contributed by atoms with E-state index in [1.54, 1.807) is 6.20 Å². The first-order valence-corrected chi connectivity index (χ1v) is 8.46. The zero-order valence-electron chi connectivity index (χ0n) is 13.4. The van der Waals surface area contributed by atoms with Gasteiger partial charge in [0.25, 0.3) is 0 Å². The quantitative estimate of drug-likeness (QED) is 0.837. The van der Waals surface area contributed by atoms with Crippen LogP contribution in [0, 0.1) is 0 Å². The molecule has 1 aliphatic heterocycles. The number of hydrogen-bond acceptors (Lipinski definition) is 4. The van der Waals surface area contributed by atoms with E-state index in [9.17, 15) is 4.79 Å². The standard InChI is InChI=1S/C17H24N4O2/c22-17(18-9-7-13-5-3-1-2-4-6-13)21-16-19-11-14-12-23-10-8-15(14)20-16/h5,11H,1-4,6-10,12H2,(H2,18,19,20,21,22). The van der Waals surface area contributed by atoms with Crippen LogP contribution in [0.5, 0.6) is 0 Å². The smallest absolute Gasteiger partial charge is 0.321 e. The van der Waals surface area contributed by atoms with Gasteiger partial charge in [0.1, 0.15) is 0 Å². The van der Waals surface area contributed by atoms with Crippen LogP contribution in [-0.4, -0.2) is 29.2 Å². The number of amides is 2. The van der Waals surface area contributed by atoms with E-state index in [1.165, 1.54) is 37.7 Å². The summed E-state index contributed by atoms with van der Waals surface area (Å²) in [5.74, 6) is 0.358. The third-order valence-corrected chi connectivity index (χ3v) is 4.29. The zero-order valence-corrected chi connectivity index (χ0v) is 13.4. The van der Waals surface area contributed by atoms with Gasteiger partial charge in [-0.1, -0.05) is 18.1 Å². The minimum absolute atomic E-state index is 0.244. The molecular weight excluding hydrogens is 292 g/mol. The van der Waals surface area contributed by atoms with Crippen molar-refractivity contribution in [1.82, 2.24) is 15.3 Å². The summed E-state index contributed by atoms with van der Waals surface area (Å²) < 4.78 is 5.35. The fourth-order valence-corrected chi connectivity index (χ4v) is 2.98. The SMILES string of the molecule is O=C(NCCC1=CCCCCC1)Nc1ncc2c(n1)CCOC2. The first kappa shape index (κ1) is 15.9. The first-order chi connectivity index (χ1) is 11.3. The summed E-state index contributed by atoms with van der Waals surface area (Å²) in [6.07, 6.45) is 12.0. The van der Waals surface area contributed by atoms with Crippen LogP contribution < -0.4 is 10.6 Å². The van der Waals surface area contributed by atoms with Gasteiger partial charge in [-0.05, 0) is 32.1 Å². The van der Waals surface area contributed by atoms with Gasteiger partial charge in [0.15, 0.2) is 0 Å². The molecule has 3 rings (SSSR count). The van der Waals surface area contributed by atoms with Crippen LogP contribution >= 0.6 is 0 Å². The van der Waals surface area contributed by atoms with Crippen molar-refractivity contribution >= 4 is 12.0 Å². The maximum atomic E-state index is 11.9. The third-order valence-electron chi connectivity index (χ3n) is 4.29. The van der Waals surface area contributed by atoms with Crippen molar-refractivity contribution in [2.24, 2.45) is 0 Å². The van der Waals surface area contributed by atoms with E-state index in [0.717, 1.165) is 24.1 Å². The largest absolute Gasteiger partial charge is 0.376 e. The Morgan fingerprint density at radius 1 is 1.26 bits per heavy atom. The topological polar surface area (TPSA) is 76.1 Å². The molecule has 0 radical (unpaired) electrons. The molecule has 1 aliphatic carbocycles. The summed E-state index contributed by atoms with van der Waals surface area (Å²) in [6, 6.07) is -0.244. The van der Waals surface area contributed by atoms with Gasteiger partial charge in [0, 0.05) is 24.7 Å². The minimum Gasteiger partial charge on any atom is -0.376 e. The molecule has 2 amide bonds. The van der Waals surface area contributed by atoms with E-state index in [4.69, 9.17) is 4.74 Å². The number of urea groups is 1. The fraction of sp³-hybridized carbons (Fsp3) is 0.588. The van der Waals surface area contributed by atoms with E-state index >= 15 is 0 Å². The summed E-state index contributed by atoms with van der Waals surface area (Å²) in [6.45, 7) is 1.87. The lowest BCUT2D eigenvalue weighted by Gasteiger charge is -2.15. The van der Waals surface area contributed by atoms with Crippen LogP contribution in [-0.2, 0) is 17.8 Å². The summed E-state index contributed by atoms with van der Waals surface area (Å²) in [7, 11) is 0. The highest BCUT2D eigenvalue weighted by molar-refractivity contribution is 5.87. The molecule has 0 saturated heterocycles. The first-order valence-electron chi connectivity index (χ1n) is 8.46. The number of rotatable bonds is 4. The fourth-order valence-electron chi connectivity index (χ4n) is 2.98. The van der Waals surface area contributed by atoms with Gasteiger partial charge >= 0.3 is 6.03 Å². The van der Waals surface area contributed by atoms with Gasteiger partial charge in [-0.2, -0.15) is 0 Å². The number of carbonyl (C=O) groups excluding carboxylic acids is 1. The lowest BCUT2D eigenvalue weighted by atomic mass is 10.1. The zero-order chi connectivity index (χ0) is 15.9. The molecule has 2 heterocycles. The van der Waals surface area contributed by atoms with Crippen molar-refractivity contribution in [3.05, 3.63) is 29.1 Å². The van der Waals surface area contributed by atoms with Gasteiger partial charge in [-0.3, -0.25) is 5.32 Å². The monoisotopic (exact) mass is 316 g/mol. The van der Waals surface area contributed by atoms with Gasteiger partial charge in [0.2, 0.25) is 5.95 Å². The summed E-state index contributed by atoms with van der Waals surface area (Å²) in [5, 5.41) is 5.59. The molecule has 124 valence electrons. The molecule has 23 heavy (non-hydrogen) atoms. The second-order valence-corrected chi connectivity index (χ2v) is 6.06. The second kappa shape index (κ2) is 8.06. The average molecular weight is 316 g/mol. The Kier molecular flexibility index (Phi) is 5.58. The predicted molar refractivity (Wildman–Crippen MR) is 88.2 cm³/mol. The van der Waals surface area contributed by atoms with Crippen molar-refractivity contribution in [1.29, 1.82) is 0 Å². The Morgan fingerprint density at radius 2 is 2.22 bits per heavy atom. The van der Waals surface area contributed by atoms with E-state index in [0.29, 0.717) is 25.7 Å². The molecule has 1 aromatic rings. The minimum atomic E-state index is -0.244. The Morgan fingerprint density at radius 3 is 3.17 bits per heavy atom. The van der Waals surface area contributed by atoms with Crippen LogP contribution in [0.2, 0.25) is 0 Å². The lowest BCUT2D eigenvalue weighted by Crippen LogP contribution is -2.30. The number of allylic oxidation sites excluding steroid dienone is 1. The van der Waals surface area contributed by atoms with E-state index in [1.807, 2.05) is 0 Å². The Bertz CT molecular complexity index is 586. The van der Waals surface area contributed by atoms with Crippen LogP contribution in [0.15, 0.2) is 17.8 Å². The van der Waals surface area contributed by atoms with Crippen LogP contribution in [0.1, 0.15) is 49.8 Å². The number of nitrogens with one attached hydrogen (secondary N) is 2. The molecule has 0 atom stereocenters. The molecule has 0 saturated carbocycles. The molecule has 6 heteroatoms. The number of hydrogen-bond donors (Lipinski definition) is 2. The van der Waals surface area contributed by atoms with E-state index < -0.39 is 0 Å². The molecule has 2 N–H and O–H groups in total. The van der Waals surface area contributed by atoms with Crippen LogP contribution in [0.3, 0.4) is 0 Å². The van der Waals surface area contributed by atoms with Gasteiger partial charge in [-0.15, -0.1) is 0 Å². The molecule has 6 nitrogen and oxygen atoms in total. The second-order valence-electron chi connectivity index (χ2n) is 6.06. The van der Waals surface area contributed by atoms with Gasteiger partial charge in [-0.25, -0.2) is 14.8 Å². The number of fused-ring (bicyclic) bond motifs is 1. The van der Waals surface area contributed by atoms with E-state index in [-0.39, 0.29) is 6.03 Å². The normalized spacial score (nSPS) is 17.7. The number of ether oxygens (including phenoxy) is 1. The lowest BCUT2D eigenvalue weighted by molar-refractivity contribution is 0.109. The molecule has 0 unspecified atom stereocenters. The maximum absolute atomic E-state index is 11.9. The van der Waals surface area contributed by atoms with Gasteiger partial charge in [0.05, 0.1) is 18.9 Å². The number of carbonyl (C=O) groups is 1. The molecule has 0 fully saturated rings. The molecule has 0 bridgehead atoms. The number of aromatic nitrogens is 2.